The van der Waals surface area contributed by atoms with Crippen LogP contribution in [0.1, 0.15) is 49.0 Å². The van der Waals surface area contributed by atoms with Crippen LogP contribution in [0.5, 0.6) is 5.75 Å². The van der Waals surface area contributed by atoms with Gasteiger partial charge in [-0.25, -0.2) is 18.8 Å². The van der Waals surface area contributed by atoms with Crippen LogP contribution in [0.25, 0.3) is 17.2 Å². The molecule has 1 aliphatic heterocycles. The molecular weight excluding hydrogens is 999 g/mol. The number of pyridine rings is 1. The van der Waals surface area contributed by atoms with E-state index in [0.29, 0.717) is 141 Å². The number of fused-ring (bicyclic) bond motifs is 1. The Hall–Kier alpha value is -5.51. The third-order valence-corrected chi connectivity index (χ3v) is 10.2. The fourth-order valence-electron chi connectivity index (χ4n) is 6.64. The van der Waals surface area contributed by atoms with Crippen LogP contribution >= 0.6 is 0 Å². The van der Waals surface area contributed by atoms with Crippen LogP contribution in [0, 0.1) is 23.3 Å². The second-order valence-electron chi connectivity index (χ2n) is 15.9. The number of ether oxygens (including phenoxy) is 11. The summed E-state index contributed by atoms with van der Waals surface area (Å²) in [6.07, 6.45) is 5.47. The van der Waals surface area contributed by atoms with Crippen LogP contribution in [-0.4, -0.2) is 186 Å². The summed E-state index contributed by atoms with van der Waals surface area (Å²) in [7, 11) is 0. The van der Waals surface area contributed by atoms with E-state index in [2.05, 4.69) is 20.0 Å². The Kier molecular flexibility index (Phi) is 30.8. The molecule has 416 valence electrons. The molecule has 0 atom stereocenters. The highest BCUT2D eigenvalue weighted by Gasteiger charge is 2.24. The van der Waals surface area contributed by atoms with Gasteiger partial charge >= 0.3 is 5.97 Å². The molecule has 1 aromatic heterocycles. The van der Waals surface area contributed by atoms with Crippen molar-refractivity contribution in [3.63, 3.8) is 0 Å². The highest BCUT2D eigenvalue weighted by atomic mass is 19.2. The number of aromatic nitrogens is 1. The lowest BCUT2D eigenvalue weighted by Crippen LogP contribution is -2.34. The summed E-state index contributed by atoms with van der Waals surface area (Å²) in [6, 6.07) is 7.19. The molecule has 0 unspecified atom stereocenters. The summed E-state index contributed by atoms with van der Waals surface area (Å²) in [5, 5.41) is 4.26. The highest BCUT2D eigenvalue weighted by molar-refractivity contribution is 6.06. The second kappa shape index (κ2) is 37.3. The molecule has 0 spiro atoms. The fourth-order valence-corrected chi connectivity index (χ4v) is 6.64. The standard InChI is InChI=1S/C51H69F4N5O15/c1-3-11-60(74-4-2)51(63)39-32-38-6-5-37(33-44(38)59-45(56)34-39)41-36-57-9-7-40(41)50(62)58-10-13-65-15-17-67-19-21-69-23-25-71-27-29-73-31-30-72-28-26-70-24-22-68-20-18-66-16-14-64-12-8-46(61)75-49-47(54)42(52)35-43(53)48(49)55/h5-7,9,32-33,35-36H,3-4,8,10-31,34H2,1-2H3,(H2,56,59)(H,58,62). The van der Waals surface area contributed by atoms with Gasteiger partial charge in [-0.15, -0.1) is 0 Å². The molecule has 4 rings (SSSR count). The van der Waals surface area contributed by atoms with Crippen molar-refractivity contribution >= 4 is 35.4 Å². The molecule has 0 fully saturated rings. The predicted octanol–water partition coefficient (Wildman–Crippen LogP) is 5.16. The van der Waals surface area contributed by atoms with Crippen molar-refractivity contribution < 1.29 is 88.9 Å². The number of amides is 2. The van der Waals surface area contributed by atoms with Gasteiger partial charge in [-0.05, 0) is 37.1 Å². The molecule has 3 N–H and O–H groups in total. The Morgan fingerprint density at radius 1 is 0.653 bits per heavy atom. The van der Waals surface area contributed by atoms with Gasteiger partial charge in [0.25, 0.3) is 11.8 Å². The van der Waals surface area contributed by atoms with E-state index in [1.54, 1.807) is 24.5 Å². The minimum Gasteiger partial charge on any atom is -0.420 e. The molecule has 2 aromatic carbocycles. The van der Waals surface area contributed by atoms with Crippen LogP contribution < -0.4 is 15.8 Å². The van der Waals surface area contributed by atoms with E-state index in [1.807, 2.05) is 32.0 Å². The SMILES string of the molecule is CCCN(OCC)C(=O)C1=Cc2ccc(-c3cnccc3C(=O)NCCOCCOCCOCCOCCOCCOCCOCCOCCOCCOCCC(=O)Oc3c(F)c(F)cc(F)c3F)cc2N=C(N)C1. The van der Waals surface area contributed by atoms with Crippen LogP contribution in [0.15, 0.2) is 53.3 Å². The van der Waals surface area contributed by atoms with Crippen molar-refractivity contribution in [3.05, 3.63) is 82.7 Å². The Bertz CT molecular complexity index is 2210. The number of hydrogen-bond acceptors (Lipinski definition) is 18. The maximum absolute atomic E-state index is 13.6. The molecule has 75 heavy (non-hydrogen) atoms. The van der Waals surface area contributed by atoms with E-state index in [-0.39, 0.29) is 63.1 Å². The first kappa shape index (κ1) is 62.0. The average Bonchev–Trinajstić information content (AvgIpc) is 3.57. The van der Waals surface area contributed by atoms with Gasteiger partial charge in [0.2, 0.25) is 17.4 Å². The maximum atomic E-state index is 13.6. The number of hydroxylamine groups is 2. The number of amidine groups is 1. The van der Waals surface area contributed by atoms with E-state index in [4.69, 9.17) is 57.9 Å². The Labute approximate surface area is 433 Å². The number of carbonyl (C=O) groups is 3. The zero-order chi connectivity index (χ0) is 53.9. The molecule has 0 aliphatic carbocycles. The van der Waals surface area contributed by atoms with Crippen molar-refractivity contribution in [1.29, 1.82) is 0 Å². The zero-order valence-corrected chi connectivity index (χ0v) is 42.6. The molecule has 3 aromatic rings. The summed E-state index contributed by atoms with van der Waals surface area (Å²) < 4.78 is 113. The molecule has 0 saturated carbocycles. The van der Waals surface area contributed by atoms with Gasteiger partial charge in [0.05, 0.1) is 156 Å². The molecular formula is C51H69F4N5O15. The number of hydrogen-bond donors (Lipinski definition) is 2. The van der Waals surface area contributed by atoms with Crippen molar-refractivity contribution in [2.24, 2.45) is 10.7 Å². The Balaban J connectivity index is 0.882. The number of nitrogens with one attached hydrogen (secondary N) is 1. The number of aliphatic imine (C=N–C) groups is 1. The molecule has 0 radical (unpaired) electrons. The van der Waals surface area contributed by atoms with Gasteiger partial charge in [-0.1, -0.05) is 19.1 Å². The molecule has 2 heterocycles. The number of carbonyl (C=O) groups excluding carboxylic acids is 3. The lowest BCUT2D eigenvalue weighted by molar-refractivity contribution is -0.180. The Morgan fingerprint density at radius 3 is 1.64 bits per heavy atom. The number of nitrogens with zero attached hydrogens (tertiary/aromatic N) is 3. The molecule has 20 nitrogen and oxygen atoms in total. The third-order valence-electron chi connectivity index (χ3n) is 10.2. The molecule has 24 heteroatoms. The first-order valence-corrected chi connectivity index (χ1v) is 24.7. The number of nitrogens with two attached hydrogens (primary N) is 1. The van der Waals surface area contributed by atoms with Gasteiger partial charge < -0.3 is 63.2 Å². The third kappa shape index (κ3) is 23.9. The van der Waals surface area contributed by atoms with Crippen molar-refractivity contribution in [3.8, 4) is 16.9 Å². The molecule has 0 saturated heterocycles. The monoisotopic (exact) mass is 1070 g/mol. The summed E-state index contributed by atoms with van der Waals surface area (Å²) in [5.41, 5.74) is 9.79. The minimum atomic E-state index is -1.80. The molecule has 2 amide bonds. The minimum absolute atomic E-state index is 0.0138. The summed E-state index contributed by atoms with van der Waals surface area (Å²) >= 11 is 0. The molecule has 1 aliphatic rings. The largest absolute Gasteiger partial charge is 0.420 e. The number of benzene rings is 2. The first-order valence-electron chi connectivity index (χ1n) is 24.7. The summed E-state index contributed by atoms with van der Waals surface area (Å²) in [4.78, 5) is 52.6. The summed E-state index contributed by atoms with van der Waals surface area (Å²) in [6.45, 7) is 11.4. The molecule has 0 bridgehead atoms. The maximum Gasteiger partial charge on any atom is 0.313 e. The number of rotatable bonds is 41. The van der Waals surface area contributed by atoms with Crippen LogP contribution in [0.4, 0.5) is 23.2 Å². The lowest BCUT2D eigenvalue weighted by atomic mass is 9.98. The van der Waals surface area contributed by atoms with E-state index in [9.17, 15) is 31.9 Å². The van der Waals surface area contributed by atoms with Gasteiger partial charge in [-0.2, -0.15) is 8.78 Å². The normalized spacial score (nSPS) is 12.2. The van der Waals surface area contributed by atoms with E-state index >= 15 is 0 Å². The van der Waals surface area contributed by atoms with E-state index in [0.717, 1.165) is 17.5 Å². The quantitative estimate of drug-likeness (QED) is 0.0187. The zero-order valence-electron chi connectivity index (χ0n) is 42.6. The first-order chi connectivity index (χ1) is 36.5. The average molecular weight is 1070 g/mol. The van der Waals surface area contributed by atoms with Crippen LogP contribution in [-0.2, 0) is 61.8 Å². The van der Waals surface area contributed by atoms with Gasteiger partial charge in [-0.3, -0.25) is 24.2 Å². The lowest BCUT2D eigenvalue weighted by Gasteiger charge is -2.21. The van der Waals surface area contributed by atoms with Crippen LogP contribution in [0.3, 0.4) is 0 Å². The second-order valence-corrected chi connectivity index (χ2v) is 15.9. The van der Waals surface area contributed by atoms with Gasteiger partial charge in [0.15, 0.2) is 11.6 Å². The highest BCUT2D eigenvalue weighted by Crippen LogP contribution is 2.33. The predicted molar refractivity (Wildman–Crippen MR) is 264 cm³/mol. The van der Waals surface area contributed by atoms with E-state index < -0.39 is 41.4 Å². The van der Waals surface area contributed by atoms with Crippen molar-refractivity contribution in [2.75, 3.05) is 152 Å². The Morgan fingerprint density at radius 2 is 1.15 bits per heavy atom. The smallest absolute Gasteiger partial charge is 0.313 e. The fraction of sp³-hybridized carbons (Fsp3) is 0.549. The van der Waals surface area contributed by atoms with E-state index in [1.165, 1.54) is 5.06 Å². The summed E-state index contributed by atoms with van der Waals surface area (Å²) in [5.74, 6) is -9.78. The van der Waals surface area contributed by atoms with Gasteiger partial charge in [0, 0.05) is 54.7 Å². The topological polar surface area (TPSA) is 229 Å². The number of esters is 1. The van der Waals surface area contributed by atoms with Gasteiger partial charge in [0.1, 0.15) is 5.84 Å². The van der Waals surface area contributed by atoms with Crippen LogP contribution in [0.2, 0.25) is 0 Å². The number of halogens is 4. The van der Waals surface area contributed by atoms with Crippen molar-refractivity contribution in [1.82, 2.24) is 15.4 Å². The van der Waals surface area contributed by atoms with Crippen molar-refractivity contribution in [2.45, 2.75) is 33.1 Å².